The summed E-state index contributed by atoms with van der Waals surface area (Å²) in [6.45, 7) is 3.60. The van der Waals surface area contributed by atoms with Crippen molar-refractivity contribution in [3.63, 3.8) is 0 Å². The third-order valence-electron chi connectivity index (χ3n) is 3.97. The molecule has 1 amide bonds. The zero-order valence-corrected chi connectivity index (χ0v) is 13.7. The Labute approximate surface area is 142 Å². The van der Waals surface area contributed by atoms with E-state index in [4.69, 9.17) is 9.47 Å². The van der Waals surface area contributed by atoms with Crippen molar-refractivity contribution in [2.75, 3.05) is 13.3 Å². The molecule has 1 aliphatic rings. The zero-order valence-electron chi connectivity index (χ0n) is 13.7. The van der Waals surface area contributed by atoms with Gasteiger partial charge in [0, 0.05) is 19.5 Å². The average Bonchev–Trinajstić information content (AvgIpc) is 3.07. The summed E-state index contributed by atoms with van der Waals surface area (Å²) in [4.78, 5) is 12.0. The molecule has 0 saturated heterocycles. The number of hydrogen-bond donors (Lipinski definition) is 2. The topological polar surface area (TPSA) is 59.6 Å². The zero-order chi connectivity index (χ0) is 16.8. The normalized spacial score (nSPS) is 13.5. The highest BCUT2D eigenvalue weighted by Crippen LogP contribution is 2.32. The fraction of sp³-hybridized carbons (Fsp3) is 0.316. The molecular weight excluding hydrogens is 304 g/mol. The van der Waals surface area contributed by atoms with Gasteiger partial charge in [0.25, 0.3) is 0 Å². The number of rotatable bonds is 7. The first-order valence-electron chi connectivity index (χ1n) is 8.16. The molecule has 2 N–H and O–H groups in total. The predicted molar refractivity (Wildman–Crippen MR) is 91.9 cm³/mol. The second-order valence-electron chi connectivity index (χ2n) is 5.81. The summed E-state index contributed by atoms with van der Waals surface area (Å²) in [7, 11) is 0. The molecule has 2 aromatic rings. The van der Waals surface area contributed by atoms with Crippen molar-refractivity contribution in [1.29, 1.82) is 0 Å². The van der Waals surface area contributed by atoms with Gasteiger partial charge in [0.1, 0.15) is 0 Å². The van der Waals surface area contributed by atoms with Crippen molar-refractivity contribution in [3.8, 4) is 11.5 Å². The standard InChI is InChI=1S/C19H22N2O3/c1-14(16-5-3-2-4-6-16)21-19(22)9-10-20-12-15-7-8-17-18(11-15)24-13-23-17/h2-8,11,14,20H,9-10,12-13H2,1H3,(H,21,22). The van der Waals surface area contributed by atoms with Gasteiger partial charge in [0.15, 0.2) is 11.5 Å². The van der Waals surface area contributed by atoms with Crippen molar-refractivity contribution < 1.29 is 14.3 Å². The molecule has 0 saturated carbocycles. The van der Waals surface area contributed by atoms with Crippen molar-refractivity contribution in [1.82, 2.24) is 10.6 Å². The molecule has 1 unspecified atom stereocenters. The molecule has 5 nitrogen and oxygen atoms in total. The van der Waals surface area contributed by atoms with Crippen LogP contribution >= 0.6 is 0 Å². The van der Waals surface area contributed by atoms with E-state index < -0.39 is 0 Å². The van der Waals surface area contributed by atoms with Gasteiger partial charge in [-0.15, -0.1) is 0 Å². The van der Waals surface area contributed by atoms with Crippen LogP contribution in [-0.4, -0.2) is 19.2 Å². The van der Waals surface area contributed by atoms with Crippen LogP contribution in [-0.2, 0) is 11.3 Å². The Balaban J connectivity index is 1.38. The number of nitrogens with one attached hydrogen (secondary N) is 2. The number of amides is 1. The molecule has 1 heterocycles. The Morgan fingerprint density at radius 2 is 1.92 bits per heavy atom. The third-order valence-corrected chi connectivity index (χ3v) is 3.97. The largest absolute Gasteiger partial charge is 0.454 e. The first-order valence-corrected chi connectivity index (χ1v) is 8.16. The quantitative estimate of drug-likeness (QED) is 0.768. The van der Waals surface area contributed by atoms with Crippen LogP contribution in [0.4, 0.5) is 0 Å². The molecule has 0 spiro atoms. The molecule has 24 heavy (non-hydrogen) atoms. The van der Waals surface area contributed by atoms with Crippen LogP contribution < -0.4 is 20.1 Å². The van der Waals surface area contributed by atoms with Gasteiger partial charge in [-0.05, 0) is 30.2 Å². The van der Waals surface area contributed by atoms with Crippen LogP contribution in [0.3, 0.4) is 0 Å². The second-order valence-corrected chi connectivity index (χ2v) is 5.81. The lowest BCUT2D eigenvalue weighted by Gasteiger charge is -2.14. The van der Waals surface area contributed by atoms with Gasteiger partial charge in [-0.3, -0.25) is 4.79 Å². The van der Waals surface area contributed by atoms with E-state index in [1.165, 1.54) is 0 Å². The summed E-state index contributed by atoms with van der Waals surface area (Å²) < 4.78 is 10.6. The molecule has 0 radical (unpaired) electrons. The van der Waals surface area contributed by atoms with Crippen LogP contribution in [0.25, 0.3) is 0 Å². The lowest BCUT2D eigenvalue weighted by atomic mass is 10.1. The van der Waals surface area contributed by atoms with E-state index in [9.17, 15) is 4.79 Å². The minimum Gasteiger partial charge on any atom is -0.454 e. The van der Waals surface area contributed by atoms with Crippen molar-refractivity contribution in [2.24, 2.45) is 0 Å². The van der Waals surface area contributed by atoms with Gasteiger partial charge in [-0.1, -0.05) is 36.4 Å². The molecule has 0 bridgehead atoms. The van der Waals surface area contributed by atoms with Crippen molar-refractivity contribution in [3.05, 3.63) is 59.7 Å². The number of carbonyl (C=O) groups excluding carboxylic acids is 1. The Morgan fingerprint density at radius 1 is 1.12 bits per heavy atom. The van der Waals surface area contributed by atoms with E-state index >= 15 is 0 Å². The summed E-state index contributed by atoms with van der Waals surface area (Å²) in [5.74, 6) is 1.61. The molecule has 3 rings (SSSR count). The number of hydrogen-bond acceptors (Lipinski definition) is 4. The third kappa shape index (κ3) is 4.26. The van der Waals surface area contributed by atoms with E-state index in [1.54, 1.807) is 0 Å². The number of carbonyl (C=O) groups is 1. The van der Waals surface area contributed by atoms with Crippen LogP contribution in [0.5, 0.6) is 11.5 Å². The molecule has 1 atom stereocenters. The highest BCUT2D eigenvalue weighted by Gasteiger charge is 2.13. The maximum atomic E-state index is 12.0. The average molecular weight is 326 g/mol. The Morgan fingerprint density at radius 3 is 2.75 bits per heavy atom. The highest BCUT2D eigenvalue weighted by atomic mass is 16.7. The molecule has 1 aliphatic heterocycles. The summed E-state index contributed by atoms with van der Waals surface area (Å²) in [6.07, 6.45) is 0.446. The molecule has 2 aromatic carbocycles. The van der Waals surface area contributed by atoms with Crippen LogP contribution in [0.1, 0.15) is 30.5 Å². The first kappa shape index (κ1) is 16.3. The minimum atomic E-state index is 0.0209. The number of ether oxygens (including phenoxy) is 2. The molecule has 0 aromatic heterocycles. The fourth-order valence-electron chi connectivity index (χ4n) is 2.62. The van der Waals surface area contributed by atoms with E-state index in [0.717, 1.165) is 22.6 Å². The lowest BCUT2D eigenvalue weighted by molar-refractivity contribution is -0.121. The first-order chi connectivity index (χ1) is 11.7. The van der Waals surface area contributed by atoms with Crippen LogP contribution in [0.15, 0.2) is 48.5 Å². The Bertz CT molecular complexity index is 688. The molecular formula is C19H22N2O3. The number of fused-ring (bicyclic) bond motifs is 1. The van der Waals surface area contributed by atoms with Crippen LogP contribution in [0.2, 0.25) is 0 Å². The van der Waals surface area contributed by atoms with E-state index in [2.05, 4.69) is 10.6 Å². The predicted octanol–water partition coefficient (Wildman–Crippen LogP) is 2.77. The van der Waals surface area contributed by atoms with Gasteiger partial charge in [0.2, 0.25) is 12.7 Å². The summed E-state index contributed by atoms with van der Waals surface area (Å²) >= 11 is 0. The summed E-state index contributed by atoms with van der Waals surface area (Å²) in [6, 6.07) is 15.9. The highest BCUT2D eigenvalue weighted by molar-refractivity contribution is 5.76. The summed E-state index contributed by atoms with van der Waals surface area (Å²) in [5, 5.41) is 6.29. The van der Waals surface area contributed by atoms with Crippen molar-refractivity contribution >= 4 is 5.91 Å². The van der Waals surface area contributed by atoms with Gasteiger partial charge < -0.3 is 20.1 Å². The second kappa shape index (κ2) is 7.84. The summed E-state index contributed by atoms with van der Waals surface area (Å²) in [5.41, 5.74) is 2.22. The van der Waals surface area contributed by atoms with Gasteiger partial charge >= 0.3 is 0 Å². The van der Waals surface area contributed by atoms with E-state index in [0.29, 0.717) is 19.5 Å². The smallest absolute Gasteiger partial charge is 0.231 e. The maximum absolute atomic E-state index is 12.0. The number of benzene rings is 2. The van der Waals surface area contributed by atoms with Gasteiger partial charge in [-0.25, -0.2) is 0 Å². The van der Waals surface area contributed by atoms with Gasteiger partial charge in [-0.2, -0.15) is 0 Å². The molecule has 0 fully saturated rings. The minimum absolute atomic E-state index is 0.0209. The SMILES string of the molecule is CC(NC(=O)CCNCc1ccc2c(c1)OCO2)c1ccccc1. The van der Waals surface area contributed by atoms with E-state index in [1.807, 2.05) is 55.5 Å². The Kier molecular flexibility index (Phi) is 5.33. The Hall–Kier alpha value is -2.53. The van der Waals surface area contributed by atoms with E-state index in [-0.39, 0.29) is 18.7 Å². The fourth-order valence-corrected chi connectivity index (χ4v) is 2.62. The molecule has 126 valence electrons. The maximum Gasteiger partial charge on any atom is 0.231 e. The van der Waals surface area contributed by atoms with Gasteiger partial charge in [0.05, 0.1) is 6.04 Å². The van der Waals surface area contributed by atoms with Crippen LogP contribution in [0, 0.1) is 0 Å². The lowest BCUT2D eigenvalue weighted by Crippen LogP contribution is -2.29. The monoisotopic (exact) mass is 326 g/mol. The van der Waals surface area contributed by atoms with Crippen molar-refractivity contribution in [2.45, 2.75) is 25.9 Å². The molecule has 0 aliphatic carbocycles. The molecule has 5 heteroatoms.